The summed E-state index contributed by atoms with van der Waals surface area (Å²) < 4.78 is 5.14. The molecule has 4 nitrogen and oxygen atoms in total. The number of methoxy groups -OCH3 is 1. The Labute approximate surface area is 98.6 Å². The minimum Gasteiger partial charge on any atom is -0.383 e. The molecular weight excluding hydrogens is 202 g/mol. The first-order valence-corrected chi connectivity index (χ1v) is 5.89. The van der Waals surface area contributed by atoms with Gasteiger partial charge in [0.1, 0.15) is 5.54 Å². The van der Waals surface area contributed by atoms with E-state index in [2.05, 4.69) is 30.3 Å². The highest BCUT2D eigenvalue weighted by molar-refractivity contribution is 5.16. The van der Waals surface area contributed by atoms with Crippen LogP contribution in [-0.2, 0) is 4.74 Å². The SMILES string of the molecule is CNC(C#N)(CN(C)C(C)COC)C1CC1. The average molecular weight is 225 g/mol. The quantitative estimate of drug-likeness (QED) is 0.697. The van der Waals surface area contributed by atoms with Gasteiger partial charge in [0.05, 0.1) is 12.7 Å². The van der Waals surface area contributed by atoms with Gasteiger partial charge in [-0.2, -0.15) is 5.26 Å². The Hall–Kier alpha value is -0.630. The van der Waals surface area contributed by atoms with E-state index in [4.69, 9.17) is 4.74 Å². The molecule has 92 valence electrons. The van der Waals surface area contributed by atoms with Crippen LogP contribution in [0.3, 0.4) is 0 Å². The normalized spacial score (nSPS) is 21.5. The number of hydrogen-bond acceptors (Lipinski definition) is 4. The lowest BCUT2D eigenvalue weighted by Crippen LogP contribution is -2.54. The molecule has 0 aromatic rings. The second kappa shape index (κ2) is 5.62. The predicted octanol–water partition coefficient (Wildman–Crippen LogP) is 0.845. The van der Waals surface area contributed by atoms with Gasteiger partial charge in [-0.25, -0.2) is 0 Å². The van der Waals surface area contributed by atoms with Crippen LogP contribution in [0.15, 0.2) is 0 Å². The highest BCUT2D eigenvalue weighted by Gasteiger charge is 2.45. The van der Waals surface area contributed by atoms with Gasteiger partial charge in [-0.05, 0) is 39.8 Å². The number of nitrogens with one attached hydrogen (secondary N) is 1. The molecule has 0 spiro atoms. The molecule has 1 fully saturated rings. The van der Waals surface area contributed by atoms with E-state index in [-0.39, 0.29) is 5.54 Å². The summed E-state index contributed by atoms with van der Waals surface area (Å²) in [6.45, 7) is 3.58. The topological polar surface area (TPSA) is 48.3 Å². The molecule has 0 aromatic heterocycles. The van der Waals surface area contributed by atoms with Crippen LogP contribution in [0.5, 0.6) is 0 Å². The Morgan fingerprint density at radius 3 is 2.62 bits per heavy atom. The van der Waals surface area contributed by atoms with E-state index in [0.29, 0.717) is 18.6 Å². The van der Waals surface area contributed by atoms with E-state index in [1.54, 1.807) is 7.11 Å². The van der Waals surface area contributed by atoms with Gasteiger partial charge < -0.3 is 10.1 Å². The monoisotopic (exact) mass is 225 g/mol. The number of hydrogen-bond donors (Lipinski definition) is 1. The fraction of sp³-hybridized carbons (Fsp3) is 0.917. The van der Waals surface area contributed by atoms with E-state index in [9.17, 15) is 5.26 Å². The van der Waals surface area contributed by atoms with Crippen LogP contribution >= 0.6 is 0 Å². The van der Waals surface area contributed by atoms with Gasteiger partial charge in [0.2, 0.25) is 0 Å². The van der Waals surface area contributed by atoms with Crippen molar-refractivity contribution < 1.29 is 4.74 Å². The summed E-state index contributed by atoms with van der Waals surface area (Å²) >= 11 is 0. The van der Waals surface area contributed by atoms with Crippen molar-refractivity contribution in [3.63, 3.8) is 0 Å². The van der Waals surface area contributed by atoms with E-state index >= 15 is 0 Å². The van der Waals surface area contributed by atoms with Crippen LogP contribution in [0.25, 0.3) is 0 Å². The minimum atomic E-state index is -0.378. The Kier molecular flexibility index (Phi) is 4.72. The summed E-state index contributed by atoms with van der Waals surface area (Å²) in [5.41, 5.74) is -0.378. The summed E-state index contributed by atoms with van der Waals surface area (Å²) in [6.07, 6.45) is 2.34. The van der Waals surface area contributed by atoms with Gasteiger partial charge in [0.25, 0.3) is 0 Å². The van der Waals surface area contributed by atoms with E-state index in [1.807, 2.05) is 7.05 Å². The first-order chi connectivity index (χ1) is 7.59. The molecular formula is C12H23N3O. The second-order valence-electron chi connectivity index (χ2n) is 4.83. The summed E-state index contributed by atoms with van der Waals surface area (Å²) in [5.74, 6) is 0.514. The van der Waals surface area contributed by atoms with Crippen LogP contribution in [0.4, 0.5) is 0 Å². The molecule has 0 heterocycles. The molecule has 0 amide bonds. The Morgan fingerprint density at radius 1 is 1.62 bits per heavy atom. The molecule has 1 N–H and O–H groups in total. The third kappa shape index (κ3) is 2.94. The zero-order chi connectivity index (χ0) is 12.2. The molecule has 0 radical (unpaired) electrons. The Balaban J connectivity index is 2.58. The van der Waals surface area contributed by atoms with Crippen LogP contribution in [-0.4, -0.2) is 50.8 Å². The lowest BCUT2D eigenvalue weighted by atomic mass is 9.94. The fourth-order valence-electron chi connectivity index (χ4n) is 2.09. The highest BCUT2D eigenvalue weighted by atomic mass is 16.5. The van der Waals surface area contributed by atoms with Crippen molar-refractivity contribution in [2.24, 2.45) is 5.92 Å². The van der Waals surface area contributed by atoms with Gasteiger partial charge in [-0.1, -0.05) is 0 Å². The predicted molar refractivity (Wildman–Crippen MR) is 64.1 cm³/mol. The molecule has 1 aliphatic carbocycles. The van der Waals surface area contributed by atoms with Gasteiger partial charge in [-0.3, -0.25) is 4.90 Å². The summed E-state index contributed by atoms with van der Waals surface area (Å²) in [5, 5.41) is 12.6. The molecule has 16 heavy (non-hydrogen) atoms. The van der Waals surface area contributed by atoms with E-state index < -0.39 is 0 Å². The maximum atomic E-state index is 9.38. The van der Waals surface area contributed by atoms with Crippen LogP contribution in [0.1, 0.15) is 19.8 Å². The van der Waals surface area contributed by atoms with Gasteiger partial charge in [-0.15, -0.1) is 0 Å². The zero-order valence-electron chi connectivity index (χ0n) is 10.8. The largest absolute Gasteiger partial charge is 0.383 e. The Bertz CT molecular complexity index is 259. The third-order valence-electron chi connectivity index (χ3n) is 3.58. The second-order valence-corrected chi connectivity index (χ2v) is 4.83. The maximum Gasteiger partial charge on any atom is 0.122 e. The zero-order valence-corrected chi connectivity index (χ0v) is 10.8. The number of ether oxygens (including phenoxy) is 1. The number of rotatable bonds is 7. The van der Waals surface area contributed by atoms with Crippen molar-refractivity contribution in [1.29, 1.82) is 5.26 Å². The molecule has 1 rings (SSSR count). The molecule has 4 heteroatoms. The standard InChI is InChI=1S/C12H23N3O/c1-10(7-16-4)15(3)9-12(8-13,14-2)11-5-6-11/h10-11,14H,5-7,9H2,1-4H3. The lowest BCUT2D eigenvalue weighted by molar-refractivity contribution is 0.0996. The van der Waals surface area contributed by atoms with E-state index in [1.165, 1.54) is 12.8 Å². The minimum absolute atomic E-state index is 0.338. The molecule has 0 saturated heterocycles. The highest BCUT2D eigenvalue weighted by Crippen LogP contribution is 2.39. The van der Waals surface area contributed by atoms with Gasteiger partial charge in [0.15, 0.2) is 0 Å². The molecule has 0 aliphatic heterocycles. The van der Waals surface area contributed by atoms with Crippen LogP contribution < -0.4 is 5.32 Å². The Morgan fingerprint density at radius 2 is 2.25 bits per heavy atom. The van der Waals surface area contributed by atoms with Crippen molar-refractivity contribution >= 4 is 0 Å². The van der Waals surface area contributed by atoms with Crippen LogP contribution in [0, 0.1) is 17.2 Å². The van der Waals surface area contributed by atoms with Crippen molar-refractivity contribution in [1.82, 2.24) is 10.2 Å². The fourth-order valence-corrected chi connectivity index (χ4v) is 2.09. The van der Waals surface area contributed by atoms with Crippen molar-refractivity contribution in [2.75, 3.05) is 34.4 Å². The maximum absolute atomic E-state index is 9.38. The molecule has 2 atom stereocenters. The molecule has 1 saturated carbocycles. The molecule has 2 unspecified atom stereocenters. The van der Waals surface area contributed by atoms with Crippen LogP contribution in [0.2, 0.25) is 0 Å². The lowest BCUT2D eigenvalue weighted by Gasteiger charge is -2.34. The first kappa shape index (κ1) is 13.4. The smallest absolute Gasteiger partial charge is 0.122 e. The summed E-state index contributed by atoms with van der Waals surface area (Å²) in [7, 11) is 5.65. The average Bonchev–Trinajstić information content (AvgIpc) is 3.10. The van der Waals surface area contributed by atoms with Crippen molar-refractivity contribution in [3.05, 3.63) is 0 Å². The number of likely N-dealkylation sites (N-methyl/N-ethyl adjacent to an activating group) is 2. The van der Waals surface area contributed by atoms with E-state index in [0.717, 1.165) is 6.54 Å². The summed E-state index contributed by atoms with van der Waals surface area (Å²) in [4.78, 5) is 2.20. The number of nitriles is 1. The first-order valence-electron chi connectivity index (χ1n) is 5.89. The molecule has 1 aliphatic rings. The van der Waals surface area contributed by atoms with Crippen molar-refractivity contribution in [3.8, 4) is 6.07 Å². The van der Waals surface area contributed by atoms with Gasteiger partial charge in [0, 0.05) is 19.7 Å². The molecule has 0 bridgehead atoms. The van der Waals surface area contributed by atoms with Crippen molar-refractivity contribution in [2.45, 2.75) is 31.3 Å². The molecule has 0 aromatic carbocycles. The number of nitrogens with zero attached hydrogens (tertiary/aromatic N) is 2. The summed E-state index contributed by atoms with van der Waals surface area (Å²) in [6, 6.07) is 2.80. The third-order valence-corrected chi connectivity index (χ3v) is 3.58. The van der Waals surface area contributed by atoms with Gasteiger partial charge >= 0.3 is 0 Å².